The number of urea groups is 1. The van der Waals surface area contributed by atoms with Gasteiger partial charge in [-0.1, -0.05) is 0 Å². The number of nitrogens with zero attached hydrogens (tertiary/aromatic N) is 2. The van der Waals surface area contributed by atoms with E-state index in [1.54, 1.807) is 16.2 Å². The maximum Gasteiger partial charge on any atom is 0.323 e. The van der Waals surface area contributed by atoms with Crippen molar-refractivity contribution in [1.82, 2.24) is 9.80 Å². The van der Waals surface area contributed by atoms with Gasteiger partial charge in [-0.25, -0.2) is 4.79 Å². The minimum Gasteiger partial charge on any atom is -0.480 e. The molecule has 1 aliphatic heterocycles. The zero-order chi connectivity index (χ0) is 14.1. The molecule has 2 heterocycles. The lowest BCUT2D eigenvalue weighted by molar-refractivity contribution is -0.137. The van der Waals surface area contributed by atoms with Crippen LogP contribution in [0.1, 0.15) is 23.3 Å². The highest BCUT2D eigenvalue weighted by Gasteiger charge is 2.31. The molecule has 0 radical (unpaired) electrons. The molecule has 0 unspecified atom stereocenters. The fourth-order valence-electron chi connectivity index (χ4n) is 2.60. The maximum absolute atomic E-state index is 12.5. The average Bonchev–Trinajstić information content (AvgIpc) is 3.11. The Morgan fingerprint density at radius 3 is 2.95 bits per heavy atom. The largest absolute Gasteiger partial charge is 0.480 e. The van der Waals surface area contributed by atoms with Crippen molar-refractivity contribution in [2.45, 2.75) is 25.8 Å². The summed E-state index contributed by atoms with van der Waals surface area (Å²) < 4.78 is 0. The number of hydrogen-bond donors (Lipinski definition) is 1. The second-order valence-electron chi connectivity index (χ2n) is 5.54. The van der Waals surface area contributed by atoms with Gasteiger partial charge in [0, 0.05) is 24.5 Å². The van der Waals surface area contributed by atoms with Gasteiger partial charge < -0.3 is 14.9 Å². The molecule has 5 nitrogen and oxygen atoms in total. The molecule has 20 heavy (non-hydrogen) atoms. The molecule has 0 aromatic carbocycles. The second kappa shape index (κ2) is 5.44. The molecule has 6 heteroatoms. The van der Waals surface area contributed by atoms with Crippen molar-refractivity contribution in [3.8, 4) is 0 Å². The zero-order valence-corrected chi connectivity index (χ0v) is 12.1. The minimum atomic E-state index is -0.938. The maximum atomic E-state index is 12.5. The minimum absolute atomic E-state index is 0.129. The van der Waals surface area contributed by atoms with Gasteiger partial charge in [-0.05, 0) is 42.2 Å². The number of thiophene rings is 1. The van der Waals surface area contributed by atoms with Crippen LogP contribution in [0, 0.1) is 5.92 Å². The molecule has 1 fully saturated rings. The molecule has 108 valence electrons. The number of carboxylic acids is 1. The monoisotopic (exact) mass is 294 g/mol. The lowest BCUT2D eigenvalue weighted by Crippen LogP contribution is -2.47. The van der Waals surface area contributed by atoms with E-state index < -0.39 is 5.97 Å². The lowest BCUT2D eigenvalue weighted by atomic mass is 10.1. The smallest absolute Gasteiger partial charge is 0.323 e. The molecule has 1 aromatic heterocycles. The first-order valence-corrected chi connectivity index (χ1v) is 7.82. The van der Waals surface area contributed by atoms with E-state index >= 15 is 0 Å². The molecule has 0 spiro atoms. The van der Waals surface area contributed by atoms with Gasteiger partial charge >= 0.3 is 12.0 Å². The fourth-order valence-corrected chi connectivity index (χ4v) is 3.49. The first-order valence-electron chi connectivity index (χ1n) is 6.94. The topological polar surface area (TPSA) is 60.9 Å². The van der Waals surface area contributed by atoms with Crippen LogP contribution in [0.15, 0.2) is 11.4 Å². The van der Waals surface area contributed by atoms with Gasteiger partial charge in [0.05, 0.1) is 0 Å². The summed E-state index contributed by atoms with van der Waals surface area (Å²) in [7, 11) is 0. The number of aliphatic carboxylic acids is 1. The van der Waals surface area contributed by atoms with E-state index in [0.717, 1.165) is 19.3 Å². The Bertz CT molecular complexity index is 524. The van der Waals surface area contributed by atoms with E-state index in [0.29, 0.717) is 25.6 Å². The Balaban J connectivity index is 1.67. The van der Waals surface area contributed by atoms with Crippen LogP contribution in [0.25, 0.3) is 0 Å². The Labute approximate surface area is 121 Å². The van der Waals surface area contributed by atoms with E-state index in [4.69, 9.17) is 5.11 Å². The molecule has 3 rings (SSSR count). The summed E-state index contributed by atoms with van der Waals surface area (Å²) in [6, 6.07) is 1.93. The molecule has 2 amide bonds. The third-order valence-electron chi connectivity index (χ3n) is 3.85. The standard InChI is InChI=1S/C14H18N2O3S/c17-13(18)9-16(7-10-1-2-10)14(19)15-5-3-12-11(8-15)4-6-20-12/h4,6,10H,1-3,5,7-9H2,(H,17,18). The zero-order valence-electron chi connectivity index (χ0n) is 11.2. The van der Waals surface area contributed by atoms with Crippen molar-refractivity contribution < 1.29 is 14.7 Å². The summed E-state index contributed by atoms with van der Waals surface area (Å²) in [6.45, 7) is 1.69. The van der Waals surface area contributed by atoms with Gasteiger partial charge in [0.15, 0.2) is 0 Å². The van der Waals surface area contributed by atoms with Crippen LogP contribution in [-0.4, -0.2) is 46.5 Å². The Morgan fingerprint density at radius 2 is 2.25 bits per heavy atom. The van der Waals surface area contributed by atoms with Gasteiger partial charge in [0.25, 0.3) is 0 Å². The highest BCUT2D eigenvalue weighted by atomic mass is 32.1. The van der Waals surface area contributed by atoms with Gasteiger partial charge in [-0.2, -0.15) is 0 Å². The van der Waals surface area contributed by atoms with E-state index in [2.05, 4.69) is 11.4 Å². The molecule has 1 aliphatic carbocycles. The number of rotatable bonds is 4. The number of carboxylic acid groups (broad SMARTS) is 1. The molecule has 0 atom stereocenters. The summed E-state index contributed by atoms with van der Waals surface area (Å²) in [6.07, 6.45) is 3.10. The van der Waals surface area contributed by atoms with Crippen LogP contribution in [0.4, 0.5) is 4.79 Å². The van der Waals surface area contributed by atoms with Crippen LogP contribution >= 0.6 is 11.3 Å². The summed E-state index contributed by atoms with van der Waals surface area (Å²) in [5.41, 5.74) is 1.20. The van der Waals surface area contributed by atoms with Crippen molar-refractivity contribution in [2.75, 3.05) is 19.6 Å². The predicted molar refractivity (Wildman–Crippen MR) is 75.8 cm³/mol. The van der Waals surface area contributed by atoms with Gasteiger partial charge in [-0.15, -0.1) is 11.3 Å². The first kappa shape index (κ1) is 13.4. The fraction of sp³-hybridized carbons (Fsp3) is 0.571. The molecule has 1 saturated carbocycles. The van der Waals surface area contributed by atoms with Crippen LogP contribution in [0.2, 0.25) is 0 Å². The van der Waals surface area contributed by atoms with E-state index in [1.807, 2.05) is 0 Å². The van der Waals surface area contributed by atoms with E-state index in [-0.39, 0.29) is 12.6 Å². The van der Waals surface area contributed by atoms with Gasteiger partial charge in [0.1, 0.15) is 6.54 Å². The van der Waals surface area contributed by atoms with Crippen LogP contribution in [0.3, 0.4) is 0 Å². The van der Waals surface area contributed by atoms with Crippen LogP contribution in [0.5, 0.6) is 0 Å². The van der Waals surface area contributed by atoms with Crippen molar-refractivity contribution >= 4 is 23.3 Å². The lowest BCUT2D eigenvalue weighted by Gasteiger charge is -2.32. The summed E-state index contributed by atoms with van der Waals surface area (Å²) in [5, 5.41) is 11.0. The van der Waals surface area contributed by atoms with E-state index in [1.165, 1.54) is 15.3 Å². The SMILES string of the molecule is O=C(O)CN(CC1CC1)C(=O)N1CCc2sccc2C1. The highest BCUT2D eigenvalue weighted by Crippen LogP contribution is 2.30. The highest BCUT2D eigenvalue weighted by molar-refractivity contribution is 7.10. The van der Waals surface area contributed by atoms with Crippen molar-refractivity contribution in [2.24, 2.45) is 5.92 Å². The molecule has 1 aromatic rings. The third kappa shape index (κ3) is 2.95. The van der Waals surface area contributed by atoms with Gasteiger partial charge in [0.2, 0.25) is 0 Å². The summed E-state index contributed by atoms with van der Waals surface area (Å²) in [5.74, 6) is -0.438. The van der Waals surface area contributed by atoms with Crippen LogP contribution < -0.4 is 0 Å². The first-order chi connectivity index (χ1) is 9.63. The Hall–Kier alpha value is -1.56. The van der Waals surface area contributed by atoms with Gasteiger partial charge in [-0.3, -0.25) is 4.79 Å². The number of hydrogen-bond acceptors (Lipinski definition) is 3. The summed E-state index contributed by atoms with van der Waals surface area (Å²) in [4.78, 5) is 28.1. The molecule has 2 aliphatic rings. The molecule has 1 N–H and O–H groups in total. The molecular formula is C14H18N2O3S. The number of amides is 2. The van der Waals surface area contributed by atoms with Crippen molar-refractivity contribution in [1.29, 1.82) is 0 Å². The number of carbonyl (C=O) groups is 2. The van der Waals surface area contributed by atoms with Crippen molar-refractivity contribution in [3.63, 3.8) is 0 Å². The second-order valence-corrected chi connectivity index (χ2v) is 6.54. The van der Waals surface area contributed by atoms with E-state index in [9.17, 15) is 9.59 Å². The molecule has 0 bridgehead atoms. The number of carbonyl (C=O) groups excluding carboxylic acids is 1. The number of fused-ring (bicyclic) bond motifs is 1. The molecular weight excluding hydrogens is 276 g/mol. The van der Waals surface area contributed by atoms with Crippen molar-refractivity contribution in [3.05, 3.63) is 21.9 Å². The van der Waals surface area contributed by atoms with Crippen LogP contribution in [-0.2, 0) is 17.8 Å². The Morgan fingerprint density at radius 1 is 1.45 bits per heavy atom. The third-order valence-corrected chi connectivity index (χ3v) is 4.87. The Kier molecular flexibility index (Phi) is 3.65. The average molecular weight is 294 g/mol. The normalized spacial score (nSPS) is 17.7. The summed E-state index contributed by atoms with van der Waals surface area (Å²) >= 11 is 1.73. The molecule has 0 saturated heterocycles. The predicted octanol–water partition coefficient (Wildman–Crippen LogP) is 2.02. The quantitative estimate of drug-likeness (QED) is 0.924.